The molecule has 0 radical (unpaired) electrons. The molecule has 0 amide bonds. The molecule has 0 saturated heterocycles. The van der Waals surface area contributed by atoms with Gasteiger partial charge in [-0.05, 0) is 10.8 Å². The van der Waals surface area contributed by atoms with E-state index in [-0.39, 0.29) is 29.0 Å². The molecule has 0 aromatic rings. The molecule has 92 valence electrons. The van der Waals surface area contributed by atoms with Gasteiger partial charge in [-0.2, -0.15) is 8.78 Å². The monoisotopic (exact) mass is 234 g/mol. The highest BCUT2D eigenvalue weighted by Gasteiger charge is 2.67. The standard InChI is InChI=1S/C12H17F3O/c1-11(2)9(12(11,3)4)8(16)6-5-7(13)10(14)15/h9H,5-6H2,1-4H3. The van der Waals surface area contributed by atoms with Crippen molar-refractivity contribution in [2.24, 2.45) is 16.7 Å². The van der Waals surface area contributed by atoms with Crippen molar-refractivity contribution in [3.8, 4) is 0 Å². The summed E-state index contributed by atoms with van der Waals surface area (Å²) in [5.74, 6) is -1.73. The molecule has 16 heavy (non-hydrogen) atoms. The second-order valence-electron chi connectivity index (χ2n) is 5.51. The molecule has 0 bridgehead atoms. The lowest BCUT2D eigenvalue weighted by Gasteiger charge is -2.03. The van der Waals surface area contributed by atoms with E-state index < -0.39 is 18.3 Å². The topological polar surface area (TPSA) is 17.1 Å². The Hall–Kier alpha value is -0.800. The van der Waals surface area contributed by atoms with Gasteiger partial charge >= 0.3 is 6.08 Å². The van der Waals surface area contributed by atoms with Crippen LogP contribution in [0.3, 0.4) is 0 Å². The molecule has 1 fully saturated rings. The van der Waals surface area contributed by atoms with Gasteiger partial charge in [0.15, 0.2) is 5.83 Å². The highest BCUT2D eigenvalue weighted by atomic mass is 19.3. The average molecular weight is 234 g/mol. The summed E-state index contributed by atoms with van der Waals surface area (Å²) in [6.07, 6.45) is -2.94. The van der Waals surface area contributed by atoms with Crippen LogP contribution in [-0.2, 0) is 4.79 Å². The Morgan fingerprint density at radius 1 is 1.00 bits per heavy atom. The molecule has 0 unspecified atom stereocenters. The molecule has 0 spiro atoms. The zero-order valence-electron chi connectivity index (χ0n) is 10.0. The van der Waals surface area contributed by atoms with Gasteiger partial charge in [0.1, 0.15) is 5.78 Å². The zero-order chi connectivity index (χ0) is 12.7. The van der Waals surface area contributed by atoms with E-state index in [4.69, 9.17) is 0 Å². The maximum atomic E-state index is 12.5. The Morgan fingerprint density at radius 3 is 1.75 bits per heavy atom. The van der Waals surface area contributed by atoms with Crippen molar-refractivity contribution < 1.29 is 18.0 Å². The first-order valence-electron chi connectivity index (χ1n) is 5.34. The van der Waals surface area contributed by atoms with E-state index in [1.807, 2.05) is 27.7 Å². The molecule has 1 aliphatic carbocycles. The van der Waals surface area contributed by atoms with Crippen LogP contribution in [0.25, 0.3) is 0 Å². The lowest BCUT2D eigenvalue weighted by Crippen LogP contribution is -2.06. The number of ketones is 1. The summed E-state index contributed by atoms with van der Waals surface area (Å²) in [4.78, 5) is 11.7. The van der Waals surface area contributed by atoms with Gasteiger partial charge in [-0.1, -0.05) is 27.7 Å². The van der Waals surface area contributed by atoms with Crippen LogP contribution < -0.4 is 0 Å². The van der Waals surface area contributed by atoms with Gasteiger partial charge in [0, 0.05) is 18.8 Å². The van der Waals surface area contributed by atoms with Gasteiger partial charge < -0.3 is 0 Å². The molecule has 4 heteroatoms. The molecule has 0 N–H and O–H groups in total. The molecule has 0 atom stereocenters. The van der Waals surface area contributed by atoms with Crippen molar-refractivity contribution in [1.82, 2.24) is 0 Å². The van der Waals surface area contributed by atoms with E-state index >= 15 is 0 Å². The van der Waals surface area contributed by atoms with Gasteiger partial charge in [-0.3, -0.25) is 4.79 Å². The number of halogens is 3. The summed E-state index contributed by atoms with van der Waals surface area (Å²) >= 11 is 0. The fourth-order valence-corrected chi connectivity index (χ4v) is 2.47. The Morgan fingerprint density at radius 2 is 1.44 bits per heavy atom. The molecule has 0 aromatic carbocycles. The van der Waals surface area contributed by atoms with Crippen LogP contribution in [0.2, 0.25) is 0 Å². The third-order valence-electron chi connectivity index (χ3n) is 4.14. The van der Waals surface area contributed by atoms with E-state index in [1.165, 1.54) is 0 Å². The van der Waals surface area contributed by atoms with Crippen molar-refractivity contribution in [3.05, 3.63) is 11.9 Å². The van der Waals surface area contributed by atoms with Crippen molar-refractivity contribution >= 4 is 5.78 Å². The van der Waals surface area contributed by atoms with Gasteiger partial charge in [-0.25, -0.2) is 4.39 Å². The molecule has 1 rings (SSSR count). The van der Waals surface area contributed by atoms with Crippen LogP contribution in [0, 0.1) is 16.7 Å². The minimum Gasteiger partial charge on any atom is -0.299 e. The van der Waals surface area contributed by atoms with Crippen LogP contribution in [-0.4, -0.2) is 5.78 Å². The second kappa shape index (κ2) is 3.90. The molecule has 1 saturated carbocycles. The lowest BCUT2D eigenvalue weighted by molar-refractivity contribution is -0.121. The van der Waals surface area contributed by atoms with Crippen LogP contribution in [0.4, 0.5) is 13.2 Å². The summed E-state index contributed by atoms with van der Waals surface area (Å²) in [7, 11) is 0. The first kappa shape index (κ1) is 13.3. The predicted octanol–water partition coefficient (Wildman–Crippen LogP) is 4.10. The molecule has 0 aliphatic heterocycles. The van der Waals surface area contributed by atoms with E-state index in [9.17, 15) is 18.0 Å². The normalized spacial score (nSPS) is 21.7. The number of hydrogen-bond donors (Lipinski definition) is 0. The van der Waals surface area contributed by atoms with Gasteiger partial charge in [0.05, 0.1) is 0 Å². The average Bonchev–Trinajstić information content (AvgIpc) is 2.53. The second-order valence-corrected chi connectivity index (χ2v) is 5.51. The summed E-state index contributed by atoms with van der Waals surface area (Å²) in [6.45, 7) is 7.88. The van der Waals surface area contributed by atoms with Crippen molar-refractivity contribution in [3.63, 3.8) is 0 Å². The fraction of sp³-hybridized carbons (Fsp3) is 0.750. The third kappa shape index (κ3) is 2.02. The maximum absolute atomic E-state index is 12.5. The molecular formula is C12H17F3O. The first-order valence-corrected chi connectivity index (χ1v) is 5.34. The quantitative estimate of drug-likeness (QED) is 0.715. The largest absolute Gasteiger partial charge is 0.301 e. The summed E-state index contributed by atoms with van der Waals surface area (Å²) in [5.41, 5.74) is -0.225. The Balaban J connectivity index is 2.55. The van der Waals surface area contributed by atoms with E-state index in [0.717, 1.165) is 0 Å². The molecular weight excluding hydrogens is 217 g/mol. The Kier molecular flexibility index (Phi) is 3.23. The van der Waals surface area contributed by atoms with Crippen molar-refractivity contribution in [2.45, 2.75) is 40.5 Å². The fourth-order valence-electron chi connectivity index (χ4n) is 2.47. The number of carbonyl (C=O) groups is 1. The number of carbonyl (C=O) groups excluding carboxylic acids is 1. The van der Waals surface area contributed by atoms with Gasteiger partial charge in [0.25, 0.3) is 0 Å². The number of Topliss-reactive ketones (excluding diaryl/α,β-unsaturated/α-hetero) is 1. The molecule has 0 aromatic heterocycles. The summed E-state index contributed by atoms with van der Waals surface area (Å²) in [5, 5.41) is 0. The summed E-state index contributed by atoms with van der Waals surface area (Å²) < 4.78 is 36.1. The lowest BCUT2D eigenvalue weighted by atomic mass is 10.0. The van der Waals surface area contributed by atoms with Crippen LogP contribution in [0.15, 0.2) is 11.9 Å². The smallest absolute Gasteiger partial charge is 0.299 e. The predicted molar refractivity (Wildman–Crippen MR) is 55.6 cm³/mol. The third-order valence-corrected chi connectivity index (χ3v) is 4.14. The maximum Gasteiger partial charge on any atom is 0.301 e. The van der Waals surface area contributed by atoms with Gasteiger partial charge in [-0.15, -0.1) is 0 Å². The van der Waals surface area contributed by atoms with E-state index in [2.05, 4.69) is 0 Å². The summed E-state index contributed by atoms with van der Waals surface area (Å²) in [6, 6.07) is 0. The van der Waals surface area contributed by atoms with Crippen molar-refractivity contribution in [2.75, 3.05) is 0 Å². The minimum atomic E-state index is -2.32. The van der Waals surface area contributed by atoms with Crippen LogP contribution >= 0.6 is 0 Å². The molecule has 1 aliphatic rings. The number of hydrogen-bond acceptors (Lipinski definition) is 1. The van der Waals surface area contributed by atoms with Gasteiger partial charge in [0.2, 0.25) is 0 Å². The zero-order valence-corrected chi connectivity index (χ0v) is 10.0. The molecule has 0 heterocycles. The Bertz CT molecular complexity index is 324. The highest BCUT2D eigenvalue weighted by Crippen LogP contribution is 2.68. The number of allylic oxidation sites excluding steroid dienone is 1. The first-order chi connectivity index (χ1) is 7.12. The van der Waals surface area contributed by atoms with Crippen molar-refractivity contribution in [1.29, 1.82) is 0 Å². The Labute approximate surface area is 93.7 Å². The van der Waals surface area contributed by atoms with Crippen LogP contribution in [0.5, 0.6) is 0 Å². The molecule has 1 nitrogen and oxygen atoms in total. The van der Waals surface area contributed by atoms with E-state index in [0.29, 0.717) is 0 Å². The highest BCUT2D eigenvalue weighted by molar-refractivity contribution is 5.86. The number of rotatable bonds is 4. The minimum absolute atomic E-state index is 0.113. The SMILES string of the molecule is CC1(C)C(C(=O)CCC(F)=C(F)F)C1(C)C. The van der Waals surface area contributed by atoms with E-state index in [1.54, 1.807) is 0 Å². The van der Waals surface area contributed by atoms with Crippen LogP contribution in [0.1, 0.15) is 40.5 Å².